The number of hydrogen-bond donors (Lipinski definition) is 1. The van der Waals surface area contributed by atoms with E-state index in [1.807, 2.05) is 32.0 Å². The highest BCUT2D eigenvalue weighted by atomic mass is 35.5. The zero-order chi connectivity index (χ0) is 14.5. The molecule has 0 bridgehead atoms. The SMILES string of the molecule is CC[C@@H](NC(=O)c1ccncc1Cl)c1cccc(C)n1. The van der Waals surface area contributed by atoms with E-state index in [1.54, 1.807) is 12.3 Å². The molecule has 0 aromatic carbocycles. The van der Waals surface area contributed by atoms with Crippen LogP contribution in [-0.2, 0) is 0 Å². The fraction of sp³-hybridized carbons (Fsp3) is 0.267. The molecule has 20 heavy (non-hydrogen) atoms. The molecular weight excluding hydrogens is 274 g/mol. The number of amides is 1. The monoisotopic (exact) mass is 289 g/mol. The summed E-state index contributed by atoms with van der Waals surface area (Å²) >= 11 is 5.98. The lowest BCUT2D eigenvalue weighted by Gasteiger charge is -2.17. The molecule has 2 aromatic rings. The van der Waals surface area contributed by atoms with Gasteiger partial charge in [-0.15, -0.1) is 0 Å². The molecular formula is C15H16ClN3O. The molecule has 1 N–H and O–H groups in total. The standard InChI is InChI=1S/C15H16ClN3O/c1-3-13(14-6-4-5-10(2)18-14)19-15(20)11-7-8-17-9-12(11)16/h4-9,13H,3H2,1-2H3,(H,19,20)/t13-/m1/s1. The molecule has 0 aliphatic rings. The van der Waals surface area contributed by atoms with Crippen molar-refractivity contribution >= 4 is 17.5 Å². The predicted octanol–water partition coefficient (Wildman–Crippen LogP) is 3.32. The Balaban J connectivity index is 2.19. The number of carbonyl (C=O) groups is 1. The minimum atomic E-state index is -0.215. The predicted molar refractivity (Wildman–Crippen MR) is 78.7 cm³/mol. The number of halogens is 1. The third kappa shape index (κ3) is 3.33. The zero-order valence-corrected chi connectivity index (χ0v) is 12.2. The first-order valence-corrected chi connectivity index (χ1v) is 6.83. The first-order chi connectivity index (χ1) is 9.61. The summed E-state index contributed by atoms with van der Waals surface area (Å²) in [6.07, 6.45) is 3.76. The van der Waals surface area contributed by atoms with Gasteiger partial charge >= 0.3 is 0 Å². The summed E-state index contributed by atoms with van der Waals surface area (Å²) in [4.78, 5) is 20.6. The second kappa shape index (κ2) is 6.48. The topological polar surface area (TPSA) is 54.9 Å². The van der Waals surface area contributed by atoms with Gasteiger partial charge in [-0.3, -0.25) is 14.8 Å². The number of rotatable bonds is 4. The molecule has 1 amide bonds. The minimum Gasteiger partial charge on any atom is -0.344 e. The summed E-state index contributed by atoms with van der Waals surface area (Å²) < 4.78 is 0. The molecule has 2 heterocycles. The van der Waals surface area contributed by atoms with Gasteiger partial charge in [0.1, 0.15) is 0 Å². The number of carbonyl (C=O) groups excluding carboxylic acids is 1. The largest absolute Gasteiger partial charge is 0.344 e. The quantitative estimate of drug-likeness (QED) is 0.939. The fourth-order valence-electron chi connectivity index (χ4n) is 1.94. The smallest absolute Gasteiger partial charge is 0.253 e. The van der Waals surface area contributed by atoms with Gasteiger partial charge in [0.15, 0.2) is 0 Å². The summed E-state index contributed by atoms with van der Waals surface area (Å²) in [5.41, 5.74) is 2.20. The van der Waals surface area contributed by atoms with Crippen LogP contribution in [0.3, 0.4) is 0 Å². The van der Waals surface area contributed by atoms with E-state index < -0.39 is 0 Å². The molecule has 0 aliphatic heterocycles. The molecule has 4 nitrogen and oxygen atoms in total. The van der Waals surface area contributed by atoms with Gasteiger partial charge in [0.25, 0.3) is 5.91 Å². The number of hydrogen-bond acceptors (Lipinski definition) is 3. The van der Waals surface area contributed by atoms with Crippen LogP contribution in [-0.4, -0.2) is 15.9 Å². The number of nitrogens with zero attached hydrogens (tertiary/aromatic N) is 2. The van der Waals surface area contributed by atoms with E-state index in [-0.39, 0.29) is 11.9 Å². The maximum atomic E-state index is 12.2. The van der Waals surface area contributed by atoms with Crippen LogP contribution in [0.5, 0.6) is 0 Å². The summed E-state index contributed by atoms with van der Waals surface area (Å²) in [7, 11) is 0. The lowest BCUT2D eigenvalue weighted by Crippen LogP contribution is -2.29. The molecule has 0 fully saturated rings. The van der Waals surface area contributed by atoms with Gasteiger partial charge in [0.2, 0.25) is 0 Å². The van der Waals surface area contributed by atoms with Crippen molar-refractivity contribution in [2.45, 2.75) is 26.3 Å². The lowest BCUT2D eigenvalue weighted by molar-refractivity contribution is 0.0934. The van der Waals surface area contributed by atoms with Gasteiger partial charge in [-0.05, 0) is 31.5 Å². The van der Waals surface area contributed by atoms with E-state index in [4.69, 9.17) is 11.6 Å². The Kier molecular flexibility index (Phi) is 4.69. The van der Waals surface area contributed by atoms with E-state index >= 15 is 0 Å². The summed E-state index contributed by atoms with van der Waals surface area (Å²) in [6.45, 7) is 3.93. The fourth-order valence-corrected chi connectivity index (χ4v) is 2.14. The third-order valence-corrected chi connectivity index (χ3v) is 3.30. The van der Waals surface area contributed by atoms with Crippen molar-refractivity contribution < 1.29 is 4.79 Å². The van der Waals surface area contributed by atoms with Crippen molar-refractivity contribution in [1.82, 2.24) is 15.3 Å². The number of aryl methyl sites for hydroxylation is 1. The normalized spacial score (nSPS) is 11.9. The second-order valence-electron chi connectivity index (χ2n) is 4.49. The van der Waals surface area contributed by atoms with Crippen LogP contribution in [0.1, 0.15) is 41.1 Å². The van der Waals surface area contributed by atoms with Gasteiger partial charge < -0.3 is 5.32 Å². The van der Waals surface area contributed by atoms with Crippen molar-refractivity contribution in [1.29, 1.82) is 0 Å². The van der Waals surface area contributed by atoms with Crippen molar-refractivity contribution in [3.05, 3.63) is 58.6 Å². The molecule has 1 atom stereocenters. The van der Waals surface area contributed by atoms with Crippen LogP contribution in [0.25, 0.3) is 0 Å². The number of nitrogens with one attached hydrogen (secondary N) is 1. The maximum absolute atomic E-state index is 12.2. The van der Waals surface area contributed by atoms with Gasteiger partial charge in [0.05, 0.1) is 22.3 Å². The Bertz CT molecular complexity index is 616. The van der Waals surface area contributed by atoms with Gasteiger partial charge in [0, 0.05) is 18.1 Å². The van der Waals surface area contributed by atoms with Crippen LogP contribution in [0.2, 0.25) is 5.02 Å². The Morgan fingerprint density at radius 3 is 2.85 bits per heavy atom. The number of aromatic nitrogens is 2. The third-order valence-electron chi connectivity index (χ3n) is 3.00. The molecule has 5 heteroatoms. The van der Waals surface area contributed by atoms with Crippen molar-refractivity contribution in [2.75, 3.05) is 0 Å². The van der Waals surface area contributed by atoms with E-state index in [9.17, 15) is 4.79 Å². The molecule has 0 aliphatic carbocycles. The molecule has 0 saturated carbocycles. The second-order valence-corrected chi connectivity index (χ2v) is 4.90. The molecule has 0 unspecified atom stereocenters. The first-order valence-electron chi connectivity index (χ1n) is 6.45. The first kappa shape index (κ1) is 14.5. The molecule has 104 valence electrons. The Morgan fingerprint density at radius 2 is 2.20 bits per heavy atom. The van der Waals surface area contributed by atoms with Crippen molar-refractivity contribution in [3.63, 3.8) is 0 Å². The minimum absolute atomic E-state index is 0.133. The van der Waals surface area contributed by atoms with Crippen LogP contribution < -0.4 is 5.32 Å². The van der Waals surface area contributed by atoms with Crippen molar-refractivity contribution in [2.24, 2.45) is 0 Å². The van der Waals surface area contributed by atoms with Crippen LogP contribution in [0, 0.1) is 6.92 Å². The Morgan fingerprint density at radius 1 is 1.40 bits per heavy atom. The van der Waals surface area contributed by atoms with Crippen LogP contribution >= 0.6 is 11.6 Å². The highest BCUT2D eigenvalue weighted by Gasteiger charge is 2.17. The van der Waals surface area contributed by atoms with E-state index in [0.29, 0.717) is 10.6 Å². The highest BCUT2D eigenvalue weighted by Crippen LogP contribution is 2.18. The van der Waals surface area contributed by atoms with Gasteiger partial charge in [-0.1, -0.05) is 24.6 Å². The summed E-state index contributed by atoms with van der Waals surface area (Å²) in [5.74, 6) is -0.215. The average Bonchev–Trinajstić information content (AvgIpc) is 2.45. The maximum Gasteiger partial charge on any atom is 0.253 e. The van der Waals surface area contributed by atoms with E-state index in [2.05, 4.69) is 15.3 Å². The number of pyridine rings is 2. The Labute approximate surface area is 123 Å². The van der Waals surface area contributed by atoms with E-state index in [1.165, 1.54) is 6.20 Å². The van der Waals surface area contributed by atoms with Crippen molar-refractivity contribution in [3.8, 4) is 0 Å². The highest BCUT2D eigenvalue weighted by molar-refractivity contribution is 6.33. The van der Waals surface area contributed by atoms with Crippen LogP contribution in [0.15, 0.2) is 36.7 Å². The summed E-state index contributed by atoms with van der Waals surface area (Å²) in [5, 5.41) is 3.30. The molecule has 2 rings (SSSR count). The van der Waals surface area contributed by atoms with Gasteiger partial charge in [-0.25, -0.2) is 0 Å². The lowest BCUT2D eigenvalue weighted by atomic mass is 10.1. The van der Waals surface area contributed by atoms with Crippen LogP contribution in [0.4, 0.5) is 0 Å². The van der Waals surface area contributed by atoms with Gasteiger partial charge in [-0.2, -0.15) is 0 Å². The zero-order valence-electron chi connectivity index (χ0n) is 11.4. The van der Waals surface area contributed by atoms with E-state index in [0.717, 1.165) is 17.8 Å². The average molecular weight is 290 g/mol. The molecule has 0 spiro atoms. The molecule has 2 aromatic heterocycles. The summed E-state index contributed by atoms with van der Waals surface area (Å²) in [6, 6.07) is 7.25. The molecule has 0 saturated heterocycles. The molecule has 0 radical (unpaired) electrons. The Hall–Kier alpha value is -1.94.